The molecular weight excluding hydrogens is 639 g/mol. The van der Waals surface area contributed by atoms with E-state index in [-0.39, 0.29) is 0 Å². The van der Waals surface area contributed by atoms with Crippen molar-refractivity contribution in [1.29, 1.82) is 0 Å². The molecule has 0 N–H and O–H groups in total. The van der Waals surface area contributed by atoms with Gasteiger partial charge >= 0.3 is 0 Å². The third kappa shape index (κ3) is 4.33. The van der Waals surface area contributed by atoms with Gasteiger partial charge in [0.25, 0.3) is 0 Å². The predicted octanol–water partition coefficient (Wildman–Crippen LogP) is 12.8. The van der Waals surface area contributed by atoms with Crippen LogP contribution >= 0.6 is 11.3 Å². The molecule has 0 radical (unpaired) electrons. The molecule has 4 aromatic heterocycles. The predicted molar refractivity (Wildman–Crippen MR) is 217 cm³/mol. The van der Waals surface area contributed by atoms with Gasteiger partial charge in [-0.2, -0.15) is 0 Å². The molecule has 0 atom stereocenters. The Morgan fingerprint density at radius 3 is 1.96 bits per heavy atom. The number of fused-ring (bicyclic) bond motifs is 9. The molecule has 0 amide bonds. The van der Waals surface area contributed by atoms with Crippen LogP contribution in [0, 0.1) is 0 Å². The third-order valence-electron chi connectivity index (χ3n) is 10.6. The van der Waals surface area contributed by atoms with Crippen molar-refractivity contribution in [3.05, 3.63) is 168 Å². The normalized spacial score (nSPS) is 12.9. The fourth-order valence-corrected chi connectivity index (χ4v) is 9.65. The molecule has 0 saturated heterocycles. The van der Waals surface area contributed by atoms with Gasteiger partial charge in [-0.25, -0.2) is 4.98 Å². The first-order valence-electron chi connectivity index (χ1n) is 17.6. The smallest absolute Gasteiger partial charge is 0.138 e. The Labute approximate surface area is 299 Å². The van der Waals surface area contributed by atoms with Gasteiger partial charge in [0.2, 0.25) is 0 Å². The maximum atomic E-state index is 5.34. The van der Waals surface area contributed by atoms with E-state index in [4.69, 9.17) is 4.98 Å². The minimum absolute atomic E-state index is 0.911. The first-order valence-corrected chi connectivity index (χ1v) is 18.4. The Morgan fingerprint density at radius 1 is 0.510 bits per heavy atom. The summed E-state index contributed by atoms with van der Waals surface area (Å²) in [6.07, 6.45) is 6.85. The lowest BCUT2D eigenvalue weighted by molar-refractivity contribution is 1.01. The molecule has 1 aliphatic carbocycles. The van der Waals surface area contributed by atoms with Gasteiger partial charge in [0, 0.05) is 42.4 Å². The van der Waals surface area contributed by atoms with E-state index in [0.29, 0.717) is 0 Å². The molecule has 0 spiro atoms. The molecule has 0 aliphatic heterocycles. The number of hydrogen-bond acceptors (Lipinski definition) is 2. The second-order valence-corrected chi connectivity index (χ2v) is 14.5. The van der Waals surface area contributed by atoms with Crippen molar-refractivity contribution in [3.63, 3.8) is 0 Å². The lowest BCUT2D eigenvalue weighted by atomic mass is 9.97. The molecule has 4 heterocycles. The summed E-state index contributed by atoms with van der Waals surface area (Å²) in [5, 5.41) is 6.36. The molecule has 10 aromatic rings. The molecule has 0 saturated carbocycles. The monoisotopic (exact) mass is 669 g/mol. The fraction of sp³-hybridized carbons (Fsp3) is 0.0426. The maximum Gasteiger partial charge on any atom is 0.138 e. The van der Waals surface area contributed by atoms with Crippen molar-refractivity contribution < 1.29 is 0 Å². The highest BCUT2D eigenvalue weighted by Gasteiger charge is 2.18. The lowest BCUT2D eigenvalue weighted by Crippen LogP contribution is -1.99. The van der Waals surface area contributed by atoms with Crippen LogP contribution in [0.1, 0.15) is 16.9 Å². The van der Waals surface area contributed by atoms with Crippen LogP contribution in [0.5, 0.6) is 0 Å². The van der Waals surface area contributed by atoms with Crippen LogP contribution in [-0.2, 0) is 6.42 Å². The average molecular weight is 670 g/mol. The summed E-state index contributed by atoms with van der Waals surface area (Å²) in [4.78, 5) is 6.75. The number of hydrogen-bond donors (Lipinski definition) is 0. The Kier molecular flexibility index (Phi) is 6.25. The van der Waals surface area contributed by atoms with Crippen LogP contribution in [-0.4, -0.2) is 14.1 Å². The molecule has 0 unspecified atom stereocenters. The standard InChI is InChI=1S/C47H31N3S/c1-5-21-41-34(14-1)35-15-2-6-22-42(35)49(41)32-26-27-44-39(29-32)36-16-3-7-23-43(36)50(44)46-25-11-20-40(48-46)31-13-9-12-30(28-31)33-18-10-19-38-37-17-4-8-24-45(37)51-47(33)38/h1-3,5-16,18-29H,4,17H2. The van der Waals surface area contributed by atoms with Crippen LogP contribution in [0.15, 0.2) is 158 Å². The van der Waals surface area contributed by atoms with E-state index >= 15 is 0 Å². The van der Waals surface area contributed by atoms with Crippen molar-refractivity contribution in [2.45, 2.75) is 12.8 Å². The molecule has 3 nitrogen and oxygen atoms in total. The molecular formula is C47H31N3S. The summed E-state index contributed by atoms with van der Waals surface area (Å²) < 4.78 is 6.08. The molecule has 0 fully saturated rings. The molecule has 240 valence electrons. The summed E-state index contributed by atoms with van der Waals surface area (Å²) in [6, 6.07) is 55.0. The number of pyridine rings is 1. The zero-order valence-electron chi connectivity index (χ0n) is 27.8. The van der Waals surface area contributed by atoms with E-state index in [0.717, 1.165) is 46.6 Å². The van der Waals surface area contributed by atoms with Crippen LogP contribution in [0.4, 0.5) is 0 Å². The highest BCUT2D eigenvalue weighted by atomic mass is 32.1. The minimum atomic E-state index is 0.911. The van der Waals surface area contributed by atoms with E-state index in [1.807, 2.05) is 11.3 Å². The van der Waals surface area contributed by atoms with Gasteiger partial charge in [-0.1, -0.05) is 103 Å². The van der Waals surface area contributed by atoms with Gasteiger partial charge in [0.15, 0.2) is 0 Å². The Bertz CT molecular complexity index is 2990. The summed E-state index contributed by atoms with van der Waals surface area (Å²) in [6.45, 7) is 0. The SMILES string of the molecule is C1=Cc2sc3c(-c4cccc(-c5cccc(-n6c7ccccc7c7cc(-n8c9ccccc9c9ccccc98)ccc76)n5)c4)cccc3c2CC1. The van der Waals surface area contributed by atoms with Gasteiger partial charge < -0.3 is 4.57 Å². The van der Waals surface area contributed by atoms with Gasteiger partial charge in [0.05, 0.1) is 27.8 Å². The van der Waals surface area contributed by atoms with E-state index in [9.17, 15) is 0 Å². The molecule has 11 rings (SSSR count). The summed E-state index contributed by atoms with van der Waals surface area (Å²) in [5.74, 6) is 0.911. The van der Waals surface area contributed by atoms with E-state index < -0.39 is 0 Å². The topological polar surface area (TPSA) is 22.8 Å². The summed E-state index contributed by atoms with van der Waals surface area (Å²) in [7, 11) is 0. The quantitative estimate of drug-likeness (QED) is 0.183. The average Bonchev–Trinajstić information content (AvgIpc) is 3.86. The first-order chi connectivity index (χ1) is 25.3. The van der Waals surface area contributed by atoms with Crippen molar-refractivity contribution in [2.75, 3.05) is 0 Å². The van der Waals surface area contributed by atoms with E-state index in [1.54, 1.807) is 0 Å². The van der Waals surface area contributed by atoms with Crippen molar-refractivity contribution in [1.82, 2.24) is 14.1 Å². The maximum absolute atomic E-state index is 5.34. The van der Waals surface area contributed by atoms with Crippen LogP contribution in [0.3, 0.4) is 0 Å². The van der Waals surface area contributed by atoms with Gasteiger partial charge in [-0.15, -0.1) is 11.3 Å². The number of thiophene rings is 1. The number of para-hydroxylation sites is 3. The molecule has 0 bridgehead atoms. The minimum Gasteiger partial charge on any atom is -0.309 e. The van der Waals surface area contributed by atoms with Crippen LogP contribution < -0.4 is 0 Å². The van der Waals surface area contributed by atoms with E-state index in [1.165, 1.54) is 64.2 Å². The summed E-state index contributed by atoms with van der Waals surface area (Å²) >= 11 is 1.92. The van der Waals surface area contributed by atoms with Crippen molar-refractivity contribution in [3.8, 4) is 33.9 Å². The van der Waals surface area contributed by atoms with Gasteiger partial charge in [-0.05, 0) is 95.6 Å². The zero-order valence-corrected chi connectivity index (χ0v) is 28.6. The Morgan fingerprint density at radius 2 is 1.16 bits per heavy atom. The highest BCUT2D eigenvalue weighted by molar-refractivity contribution is 7.20. The fourth-order valence-electron chi connectivity index (χ4n) is 8.33. The number of aryl methyl sites for hydroxylation is 1. The number of rotatable bonds is 4. The first kappa shape index (κ1) is 28.6. The molecule has 1 aliphatic rings. The number of allylic oxidation sites excluding steroid dienone is 1. The van der Waals surface area contributed by atoms with Crippen molar-refractivity contribution in [2.24, 2.45) is 0 Å². The number of benzene rings is 6. The van der Waals surface area contributed by atoms with Crippen LogP contribution in [0.25, 0.3) is 93.7 Å². The molecule has 51 heavy (non-hydrogen) atoms. The Hall–Kier alpha value is -6.23. The number of nitrogens with zero attached hydrogens (tertiary/aromatic N) is 3. The largest absolute Gasteiger partial charge is 0.309 e. The highest BCUT2D eigenvalue weighted by Crippen LogP contribution is 2.42. The zero-order chi connectivity index (χ0) is 33.5. The summed E-state index contributed by atoms with van der Waals surface area (Å²) in [5.41, 5.74) is 12.0. The molecule has 6 aromatic carbocycles. The van der Waals surface area contributed by atoms with Crippen molar-refractivity contribution >= 4 is 71.1 Å². The third-order valence-corrected chi connectivity index (χ3v) is 11.9. The van der Waals surface area contributed by atoms with Crippen LogP contribution in [0.2, 0.25) is 0 Å². The lowest BCUT2D eigenvalue weighted by Gasteiger charge is -2.11. The second kappa shape index (κ2) is 11.1. The second-order valence-electron chi connectivity index (χ2n) is 13.5. The number of aromatic nitrogens is 3. The molecule has 4 heteroatoms. The van der Waals surface area contributed by atoms with Gasteiger partial charge in [-0.3, -0.25) is 4.57 Å². The van der Waals surface area contributed by atoms with E-state index in [2.05, 4.69) is 173 Å². The Balaban J connectivity index is 1.05. The van der Waals surface area contributed by atoms with Gasteiger partial charge in [0.1, 0.15) is 5.82 Å².